The van der Waals surface area contributed by atoms with Crippen molar-refractivity contribution >= 4 is 6.03 Å². The maximum Gasteiger partial charge on any atom is 0.315 e. The number of nitrogens with one attached hydrogen (secondary N) is 2. The van der Waals surface area contributed by atoms with Crippen molar-refractivity contribution in [3.05, 3.63) is 65.2 Å². The topological polar surface area (TPSA) is 50.4 Å². The molecular weight excluding hydrogens is 264 g/mol. The molecule has 0 heterocycles. The van der Waals surface area contributed by atoms with E-state index in [4.69, 9.17) is 4.74 Å². The van der Waals surface area contributed by atoms with Crippen LogP contribution in [0.4, 0.5) is 4.79 Å². The van der Waals surface area contributed by atoms with Crippen molar-refractivity contribution in [2.75, 3.05) is 7.11 Å². The number of hydrogen-bond donors (Lipinski definition) is 2. The van der Waals surface area contributed by atoms with E-state index in [1.165, 1.54) is 5.56 Å². The molecule has 2 amide bonds. The van der Waals surface area contributed by atoms with E-state index in [0.717, 1.165) is 16.9 Å². The van der Waals surface area contributed by atoms with Crippen LogP contribution < -0.4 is 15.4 Å². The molecule has 110 valence electrons. The fraction of sp³-hybridized carbons (Fsp3) is 0.235. The molecule has 0 bridgehead atoms. The van der Waals surface area contributed by atoms with Crippen molar-refractivity contribution in [3.8, 4) is 5.75 Å². The maximum atomic E-state index is 11.8. The lowest BCUT2D eigenvalue weighted by atomic mass is 10.1. The third kappa shape index (κ3) is 4.84. The van der Waals surface area contributed by atoms with Crippen molar-refractivity contribution in [1.29, 1.82) is 0 Å². The predicted molar refractivity (Wildman–Crippen MR) is 83.2 cm³/mol. The first-order chi connectivity index (χ1) is 10.2. The Balaban J connectivity index is 1.76. The van der Waals surface area contributed by atoms with Gasteiger partial charge in [-0.15, -0.1) is 0 Å². The summed E-state index contributed by atoms with van der Waals surface area (Å²) < 4.78 is 5.09. The van der Waals surface area contributed by atoms with Gasteiger partial charge in [-0.05, 0) is 30.2 Å². The second-order valence-electron chi connectivity index (χ2n) is 4.87. The molecule has 4 nitrogen and oxygen atoms in total. The highest BCUT2D eigenvalue weighted by molar-refractivity contribution is 5.73. The van der Waals surface area contributed by atoms with Crippen LogP contribution in [-0.2, 0) is 13.1 Å². The van der Waals surface area contributed by atoms with Crippen LogP contribution in [0.1, 0.15) is 16.7 Å². The average Bonchev–Trinajstić information content (AvgIpc) is 2.51. The third-order valence-corrected chi connectivity index (χ3v) is 3.15. The number of rotatable bonds is 5. The number of carbonyl (C=O) groups excluding carboxylic acids is 1. The first-order valence-electron chi connectivity index (χ1n) is 6.87. The van der Waals surface area contributed by atoms with Gasteiger partial charge < -0.3 is 15.4 Å². The van der Waals surface area contributed by atoms with Gasteiger partial charge in [0, 0.05) is 13.1 Å². The largest absolute Gasteiger partial charge is 0.497 e. The van der Waals surface area contributed by atoms with Crippen LogP contribution in [0.5, 0.6) is 5.75 Å². The second-order valence-corrected chi connectivity index (χ2v) is 4.87. The van der Waals surface area contributed by atoms with E-state index in [2.05, 4.69) is 16.7 Å². The second kappa shape index (κ2) is 7.33. The standard InChI is InChI=1S/C17H20N2O2/c1-13-4-3-5-15(10-13)12-19-17(20)18-11-14-6-8-16(21-2)9-7-14/h3-10H,11-12H2,1-2H3,(H2,18,19,20). The number of amides is 2. The Hall–Kier alpha value is -2.49. The molecule has 2 aromatic rings. The van der Waals surface area contributed by atoms with E-state index in [1.807, 2.05) is 49.4 Å². The van der Waals surface area contributed by atoms with E-state index in [-0.39, 0.29) is 6.03 Å². The Morgan fingerprint density at radius 1 is 1.00 bits per heavy atom. The Bertz CT molecular complexity index is 594. The first kappa shape index (κ1) is 14.9. The first-order valence-corrected chi connectivity index (χ1v) is 6.87. The fourth-order valence-electron chi connectivity index (χ4n) is 1.99. The molecular formula is C17H20N2O2. The Morgan fingerprint density at radius 3 is 2.29 bits per heavy atom. The van der Waals surface area contributed by atoms with Crippen LogP contribution in [0.15, 0.2) is 48.5 Å². The zero-order chi connectivity index (χ0) is 15.1. The van der Waals surface area contributed by atoms with Gasteiger partial charge in [-0.2, -0.15) is 0 Å². The summed E-state index contributed by atoms with van der Waals surface area (Å²) in [7, 11) is 1.63. The SMILES string of the molecule is COc1ccc(CNC(=O)NCc2cccc(C)c2)cc1. The molecule has 0 radical (unpaired) electrons. The van der Waals surface area contributed by atoms with Crippen molar-refractivity contribution < 1.29 is 9.53 Å². The monoisotopic (exact) mass is 284 g/mol. The average molecular weight is 284 g/mol. The molecule has 2 rings (SSSR count). The van der Waals surface area contributed by atoms with Gasteiger partial charge in [-0.1, -0.05) is 42.0 Å². The number of carbonyl (C=O) groups is 1. The predicted octanol–water partition coefficient (Wildman–Crippen LogP) is 3.00. The highest BCUT2D eigenvalue weighted by Crippen LogP contribution is 2.10. The van der Waals surface area contributed by atoms with E-state index in [0.29, 0.717) is 13.1 Å². The molecule has 0 aliphatic rings. The van der Waals surface area contributed by atoms with Crippen molar-refractivity contribution in [2.45, 2.75) is 20.0 Å². The van der Waals surface area contributed by atoms with Gasteiger partial charge in [0.25, 0.3) is 0 Å². The summed E-state index contributed by atoms with van der Waals surface area (Å²) in [5.41, 5.74) is 3.31. The van der Waals surface area contributed by atoms with Gasteiger partial charge >= 0.3 is 6.03 Å². The van der Waals surface area contributed by atoms with Crippen LogP contribution in [0.25, 0.3) is 0 Å². The van der Waals surface area contributed by atoms with Crippen LogP contribution in [0.3, 0.4) is 0 Å². The number of aryl methyl sites for hydroxylation is 1. The molecule has 0 atom stereocenters. The van der Waals surface area contributed by atoms with E-state index in [9.17, 15) is 4.79 Å². The molecule has 2 aromatic carbocycles. The summed E-state index contributed by atoms with van der Waals surface area (Å²) in [6.07, 6.45) is 0. The van der Waals surface area contributed by atoms with Gasteiger partial charge in [0.1, 0.15) is 5.75 Å². The van der Waals surface area contributed by atoms with E-state index < -0.39 is 0 Å². The summed E-state index contributed by atoms with van der Waals surface area (Å²) in [4.78, 5) is 11.8. The molecule has 0 saturated carbocycles. The van der Waals surface area contributed by atoms with Gasteiger partial charge in [0.15, 0.2) is 0 Å². The summed E-state index contributed by atoms with van der Waals surface area (Å²) in [5, 5.41) is 5.67. The number of hydrogen-bond acceptors (Lipinski definition) is 2. The van der Waals surface area contributed by atoms with Crippen LogP contribution in [0, 0.1) is 6.92 Å². The lowest BCUT2D eigenvalue weighted by Crippen LogP contribution is -2.34. The summed E-state index contributed by atoms with van der Waals surface area (Å²) in [6, 6.07) is 15.5. The summed E-state index contributed by atoms with van der Waals surface area (Å²) in [5.74, 6) is 0.808. The highest BCUT2D eigenvalue weighted by Gasteiger charge is 2.01. The molecule has 0 unspecified atom stereocenters. The maximum absolute atomic E-state index is 11.8. The zero-order valence-electron chi connectivity index (χ0n) is 12.3. The minimum atomic E-state index is -0.174. The molecule has 4 heteroatoms. The van der Waals surface area contributed by atoms with Crippen LogP contribution in [-0.4, -0.2) is 13.1 Å². The quantitative estimate of drug-likeness (QED) is 0.886. The highest BCUT2D eigenvalue weighted by atomic mass is 16.5. The lowest BCUT2D eigenvalue weighted by molar-refractivity contribution is 0.240. The van der Waals surface area contributed by atoms with Crippen molar-refractivity contribution in [2.24, 2.45) is 0 Å². The molecule has 2 N–H and O–H groups in total. The zero-order valence-corrected chi connectivity index (χ0v) is 12.3. The van der Waals surface area contributed by atoms with Crippen molar-refractivity contribution in [3.63, 3.8) is 0 Å². The number of benzene rings is 2. The minimum absolute atomic E-state index is 0.174. The molecule has 0 aliphatic heterocycles. The lowest BCUT2D eigenvalue weighted by Gasteiger charge is -2.08. The third-order valence-electron chi connectivity index (χ3n) is 3.15. The van der Waals surface area contributed by atoms with E-state index in [1.54, 1.807) is 7.11 Å². The molecule has 0 spiro atoms. The molecule has 0 aromatic heterocycles. The molecule has 0 saturated heterocycles. The molecule has 21 heavy (non-hydrogen) atoms. The van der Waals surface area contributed by atoms with Crippen LogP contribution >= 0.6 is 0 Å². The number of ether oxygens (including phenoxy) is 1. The van der Waals surface area contributed by atoms with Gasteiger partial charge in [0.2, 0.25) is 0 Å². The van der Waals surface area contributed by atoms with Gasteiger partial charge in [0.05, 0.1) is 7.11 Å². The normalized spacial score (nSPS) is 10.0. The Morgan fingerprint density at radius 2 is 1.67 bits per heavy atom. The van der Waals surface area contributed by atoms with Gasteiger partial charge in [-0.3, -0.25) is 0 Å². The molecule has 0 aliphatic carbocycles. The Labute approximate surface area is 125 Å². The summed E-state index contributed by atoms with van der Waals surface area (Å²) in [6.45, 7) is 3.05. The smallest absolute Gasteiger partial charge is 0.315 e. The molecule has 0 fully saturated rings. The number of urea groups is 1. The number of methoxy groups -OCH3 is 1. The summed E-state index contributed by atoms with van der Waals surface area (Å²) >= 11 is 0. The van der Waals surface area contributed by atoms with Gasteiger partial charge in [-0.25, -0.2) is 4.79 Å². The van der Waals surface area contributed by atoms with E-state index >= 15 is 0 Å². The minimum Gasteiger partial charge on any atom is -0.497 e. The van der Waals surface area contributed by atoms with Crippen LogP contribution in [0.2, 0.25) is 0 Å². The fourth-order valence-corrected chi connectivity index (χ4v) is 1.99. The Kier molecular flexibility index (Phi) is 5.21. The van der Waals surface area contributed by atoms with Crippen molar-refractivity contribution in [1.82, 2.24) is 10.6 Å².